The van der Waals surface area contributed by atoms with Crippen molar-refractivity contribution in [2.45, 2.75) is 0 Å². The summed E-state index contributed by atoms with van der Waals surface area (Å²) < 4.78 is 0. The lowest BCUT2D eigenvalue weighted by atomic mass is 10.2. The second kappa shape index (κ2) is 4.81. The van der Waals surface area contributed by atoms with Crippen molar-refractivity contribution in [3.05, 3.63) is 65.2 Å². The molecule has 0 atom stereocenters. The van der Waals surface area contributed by atoms with Gasteiger partial charge in [0.15, 0.2) is 0 Å². The second-order valence-corrected chi connectivity index (χ2v) is 3.78. The summed E-state index contributed by atoms with van der Waals surface area (Å²) in [5.41, 5.74) is 7.60. The lowest BCUT2D eigenvalue weighted by molar-refractivity contribution is 1.45. The van der Waals surface area contributed by atoms with Crippen molar-refractivity contribution < 1.29 is 0 Å². The van der Waals surface area contributed by atoms with E-state index in [4.69, 9.17) is 17.3 Å². The molecule has 0 aliphatic carbocycles. The van der Waals surface area contributed by atoms with Crippen molar-refractivity contribution in [1.82, 2.24) is 0 Å². The van der Waals surface area contributed by atoms with E-state index < -0.39 is 0 Å². The van der Waals surface area contributed by atoms with Crippen LogP contribution in [-0.2, 0) is 0 Å². The molecule has 0 aliphatic rings. The Balaban J connectivity index is 2.28. The van der Waals surface area contributed by atoms with E-state index in [1.54, 1.807) is 12.1 Å². The van der Waals surface area contributed by atoms with Gasteiger partial charge in [-0.25, -0.2) is 4.99 Å². The van der Waals surface area contributed by atoms with Gasteiger partial charge in [-0.1, -0.05) is 29.8 Å². The summed E-state index contributed by atoms with van der Waals surface area (Å²) in [5, 5.41) is 0.691. The van der Waals surface area contributed by atoms with Crippen LogP contribution < -0.4 is 5.73 Å². The van der Waals surface area contributed by atoms with Crippen LogP contribution in [-0.4, -0.2) is 5.84 Å². The highest BCUT2D eigenvalue weighted by atomic mass is 35.5. The molecule has 0 heterocycles. The zero-order chi connectivity index (χ0) is 11.4. The number of hydrogen-bond acceptors (Lipinski definition) is 1. The van der Waals surface area contributed by atoms with E-state index in [9.17, 15) is 0 Å². The van der Waals surface area contributed by atoms with Gasteiger partial charge in [0.05, 0.1) is 5.69 Å². The Kier molecular flexibility index (Phi) is 3.22. The smallest absolute Gasteiger partial charge is 0.131 e. The summed E-state index contributed by atoms with van der Waals surface area (Å²) in [4.78, 5) is 4.31. The number of benzene rings is 2. The molecule has 0 saturated heterocycles. The normalized spacial score (nSPS) is 11.4. The summed E-state index contributed by atoms with van der Waals surface area (Å²) >= 11 is 5.80. The first-order valence-electron chi connectivity index (χ1n) is 4.91. The highest BCUT2D eigenvalue weighted by molar-refractivity contribution is 6.30. The molecule has 0 amide bonds. The number of nitrogens with zero attached hydrogens (tertiary/aromatic N) is 1. The van der Waals surface area contributed by atoms with Crippen molar-refractivity contribution in [3.8, 4) is 0 Å². The van der Waals surface area contributed by atoms with Crippen LogP contribution in [0.1, 0.15) is 5.56 Å². The van der Waals surface area contributed by atoms with Crippen LogP contribution in [0, 0.1) is 0 Å². The molecule has 0 spiro atoms. The van der Waals surface area contributed by atoms with E-state index in [0.717, 1.165) is 11.3 Å². The van der Waals surface area contributed by atoms with Crippen molar-refractivity contribution in [3.63, 3.8) is 0 Å². The zero-order valence-electron chi connectivity index (χ0n) is 8.60. The Bertz CT molecular complexity index is 489. The highest BCUT2D eigenvalue weighted by Crippen LogP contribution is 2.13. The van der Waals surface area contributed by atoms with Gasteiger partial charge in [-0.3, -0.25) is 0 Å². The molecule has 80 valence electrons. The van der Waals surface area contributed by atoms with Gasteiger partial charge >= 0.3 is 0 Å². The average molecular weight is 231 g/mol. The monoisotopic (exact) mass is 230 g/mol. The summed E-state index contributed by atoms with van der Waals surface area (Å²) in [6.45, 7) is 0. The van der Waals surface area contributed by atoms with E-state index in [1.165, 1.54) is 0 Å². The lowest BCUT2D eigenvalue weighted by Gasteiger charge is -2.01. The van der Waals surface area contributed by atoms with Crippen molar-refractivity contribution in [1.29, 1.82) is 0 Å². The third-order valence-electron chi connectivity index (χ3n) is 2.15. The predicted molar refractivity (Wildman–Crippen MR) is 68.3 cm³/mol. The largest absolute Gasteiger partial charge is 0.383 e. The molecule has 16 heavy (non-hydrogen) atoms. The molecule has 0 saturated carbocycles. The van der Waals surface area contributed by atoms with Crippen LogP contribution in [0.4, 0.5) is 5.69 Å². The molecule has 3 heteroatoms. The van der Waals surface area contributed by atoms with Crippen molar-refractivity contribution >= 4 is 23.1 Å². The standard InChI is InChI=1S/C13H11ClN2/c14-11-8-6-10(7-9-11)13(15)16-12-4-2-1-3-5-12/h1-9H,(H2,15,16). The van der Waals surface area contributed by atoms with Crippen molar-refractivity contribution in [2.75, 3.05) is 0 Å². The van der Waals surface area contributed by atoms with Crippen LogP contribution in [0.2, 0.25) is 5.02 Å². The number of rotatable bonds is 2. The number of hydrogen-bond donors (Lipinski definition) is 1. The summed E-state index contributed by atoms with van der Waals surface area (Å²) in [7, 11) is 0. The number of nitrogens with two attached hydrogens (primary N) is 1. The minimum atomic E-state index is 0.489. The van der Waals surface area contributed by atoms with E-state index in [2.05, 4.69) is 4.99 Å². The molecule has 2 aromatic carbocycles. The molecular formula is C13H11ClN2. The summed E-state index contributed by atoms with van der Waals surface area (Å²) in [5.74, 6) is 0.489. The first-order chi connectivity index (χ1) is 7.75. The van der Waals surface area contributed by atoms with Crippen LogP contribution in [0.3, 0.4) is 0 Å². The molecular weight excluding hydrogens is 220 g/mol. The fourth-order valence-corrected chi connectivity index (χ4v) is 1.45. The maximum Gasteiger partial charge on any atom is 0.131 e. The lowest BCUT2D eigenvalue weighted by Crippen LogP contribution is -2.12. The third-order valence-corrected chi connectivity index (χ3v) is 2.40. The van der Waals surface area contributed by atoms with Gasteiger partial charge in [0.25, 0.3) is 0 Å². The first kappa shape index (κ1) is 10.7. The Morgan fingerprint density at radius 1 is 0.938 bits per heavy atom. The summed E-state index contributed by atoms with van der Waals surface area (Å²) in [6.07, 6.45) is 0. The molecule has 2 N–H and O–H groups in total. The quantitative estimate of drug-likeness (QED) is 0.624. The number of amidine groups is 1. The maximum atomic E-state index is 5.88. The van der Waals surface area contributed by atoms with Crippen LogP contribution in [0.5, 0.6) is 0 Å². The van der Waals surface area contributed by atoms with Crippen LogP contribution >= 0.6 is 11.6 Å². The minimum absolute atomic E-state index is 0.489. The fourth-order valence-electron chi connectivity index (χ4n) is 1.33. The summed E-state index contributed by atoms with van der Waals surface area (Å²) in [6, 6.07) is 16.9. The Labute approximate surface area is 99.4 Å². The number of halogens is 1. The van der Waals surface area contributed by atoms with Crippen LogP contribution in [0.25, 0.3) is 0 Å². The molecule has 0 aromatic heterocycles. The highest BCUT2D eigenvalue weighted by Gasteiger charge is 1.98. The average Bonchev–Trinajstić information content (AvgIpc) is 2.31. The SMILES string of the molecule is NC(=Nc1ccccc1)c1ccc(Cl)cc1. The Hall–Kier alpha value is -1.80. The maximum absolute atomic E-state index is 5.88. The Morgan fingerprint density at radius 2 is 1.56 bits per heavy atom. The molecule has 2 nitrogen and oxygen atoms in total. The van der Waals surface area contributed by atoms with Gasteiger partial charge in [0.2, 0.25) is 0 Å². The molecule has 0 aliphatic heterocycles. The topological polar surface area (TPSA) is 38.4 Å². The van der Waals surface area contributed by atoms with E-state index in [1.807, 2.05) is 42.5 Å². The van der Waals surface area contributed by atoms with Gasteiger partial charge in [-0.05, 0) is 36.4 Å². The van der Waals surface area contributed by atoms with Gasteiger partial charge in [0.1, 0.15) is 5.84 Å². The number of para-hydroxylation sites is 1. The van der Waals surface area contributed by atoms with Gasteiger partial charge in [0, 0.05) is 10.6 Å². The van der Waals surface area contributed by atoms with E-state index in [-0.39, 0.29) is 0 Å². The van der Waals surface area contributed by atoms with Gasteiger partial charge in [-0.2, -0.15) is 0 Å². The van der Waals surface area contributed by atoms with Gasteiger partial charge < -0.3 is 5.73 Å². The van der Waals surface area contributed by atoms with Crippen LogP contribution in [0.15, 0.2) is 59.6 Å². The van der Waals surface area contributed by atoms with E-state index in [0.29, 0.717) is 10.9 Å². The second-order valence-electron chi connectivity index (χ2n) is 3.34. The molecule has 0 radical (unpaired) electrons. The molecule has 0 unspecified atom stereocenters. The molecule has 0 bridgehead atoms. The first-order valence-corrected chi connectivity index (χ1v) is 5.28. The van der Waals surface area contributed by atoms with Crippen molar-refractivity contribution in [2.24, 2.45) is 10.7 Å². The fraction of sp³-hybridized carbons (Fsp3) is 0. The molecule has 2 rings (SSSR count). The third kappa shape index (κ3) is 2.61. The molecule has 2 aromatic rings. The zero-order valence-corrected chi connectivity index (χ0v) is 9.35. The molecule has 0 fully saturated rings. The van der Waals surface area contributed by atoms with E-state index >= 15 is 0 Å². The minimum Gasteiger partial charge on any atom is -0.383 e. The van der Waals surface area contributed by atoms with Gasteiger partial charge in [-0.15, -0.1) is 0 Å². The predicted octanol–water partition coefficient (Wildman–Crippen LogP) is 3.38. The Morgan fingerprint density at radius 3 is 2.19 bits per heavy atom. The number of aliphatic imine (C=N–C) groups is 1.